The second-order valence-corrected chi connectivity index (χ2v) is 5.30. The van der Waals surface area contributed by atoms with Crippen LogP contribution in [-0.2, 0) is 0 Å². The third kappa shape index (κ3) is 2.38. The molecule has 2 rings (SSSR count). The summed E-state index contributed by atoms with van der Waals surface area (Å²) >= 11 is 3.46. The van der Waals surface area contributed by atoms with Crippen molar-refractivity contribution >= 4 is 21.8 Å². The van der Waals surface area contributed by atoms with Gasteiger partial charge < -0.3 is 10.6 Å². The van der Waals surface area contributed by atoms with Crippen LogP contribution in [0.25, 0.3) is 0 Å². The van der Waals surface area contributed by atoms with E-state index in [9.17, 15) is 4.79 Å². The smallest absolute Gasteiger partial charge is 0.254 e. The van der Waals surface area contributed by atoms with Crippen molar-refractivity contribution in [2.24, 2.45) is 5.73 Å². The van der Waals surface area contributed by atoms with Crippen molar-refractivity contribution in [1.82, 2.24) is 4.90 Å². The Morgan fingerprint density at radius 1 is 1.59 bits per heavy atom. The molecule has 2 N–H and O–H groups in total. The van der Waals surface area contributed by atoms with Crippen LogP contribution in [0.15, 0.2) is 22.7 Å². The molecule has 0 aliphatic carbocycles. The maximum absolute atomic E-state index is 12.4. The number of benzene rings is 1. The van der Waals surface area contributed by atoms with Gasteiger partial charge in [0.15, 0.2) is 0 Å². The van der Waals surface area contributed by atoms with Crippen LogP contribution in [-0.4, -0.2) is 29.9 Å². The Labute approximate surface area is 110 Å². The summed E-state index contributed by atoms with van der Waals surface area (Å²) in [7, 11) is 0. The fraction of sp³-hybridized carbons (Fsp3) is 0.462. The number of nitrogens with two attached hydrogens (primary N) is 1. The lowest BCUT2D eigenvalue weighted by molar-refractivity contribution is 0.0740. The van der Waals surface area contributed by atoms with Gasteiger partial charge in [-0.3, -0.25) is 4.79 Å². The summed E-state index contributed by atoms with van der Waals surface area (Å²) in [5.74, 6) is 0.108. The molecule has 3 nitrogen and oxygen atoms in total. The lowest BCUT2D eigenvalue weighted by atomic mass is 10.1. The molecule has 1 atom stereocenters. The number of hydrogen-bond donors (Lipinski definition) is 1. The zero-order valence-corrected chi connectivity index (χ0v) is 11.5. The standard InChI is InChI=1S/C13H17BrN2O/c1-9-11(5-2-6-12(9)14)13(17)16-7-3-4-10(16)8-15/h2,5-6,10H,3-4,7-8,15H2,1H3/t10-/m1/s1. The Balaban J connectivity index is 2.28. The molecule has 1 aliphatic heterocycles. The number of halogens is 1. The van der Waals surface area contributed by atoms with Gasteiger partial charge in [-0.1, -0.05) is 22.0 Å². The largest absolute Gasteiger partial charge is 0.334 e. The minimum Gasteiger partial charge on any atom is -0.334 e. The first-order valence-corrected chi connectivity index (χ1v) is 6.70. The maximum atomic E-state index is 12.4. The van der Waals surface area contributed by atoms with E-state index >= 15 is 0 Å². The second-order valence-electron chi connectivity index (χ2n) is 4.44. The van der Waals surface area contributed by atoms with Crippen LogP contribution in [0.3, 0.4) is 0 Å². The first-order chi connectivity index (χ1) is 8.15. The zero-order valence-electron chi connectivity index (χ0n) is 9.95. The highest BCUT2D eigenvalue weighted by atomic mass is 79.9. The molecule has 92 valence electrons. The van der Waals surface area contributed by atoms with E-state index in [1.54, 1.807) is 0 Å². The number of likely N-dealkylation sites (tertiary alicyclic amines) is 1. The number of hydrogen-bond acceptors (Lipinski definition) is 2. The molecular formula is C13H17BrN2O. The number of rotatable bonds is 2. The first kappa shape index (κ1) is 12.6. The summed E-state index contributed by atoms with van der Waals surface area (Å²) in [5, 5.41) is 0. The highest BCUT2D eigenvalue weighted by Crippen LogP contribution is 2.24. The molecule has 0 saturated carbocycles. The Morgan fingerprint density at radius 2 is 2.35 bits per heavy atom. The highest BCUT2D eigenvalue weighted by Gasteiger charge is 2.29. The molecule has 1 fully saturated rings. The fourth-order valence-electron chi connectivity index (χ4n) is 2.34. The van der Waals surface area contributed by atoms with Crippen molar-refractivity contribution in [2.45, 2.75) is 25.8 Å². The van der Waals surface area contributed by atoms with Crippen LogP contribution in [0.5, 0.6) is 0 Å². The lowest BCUT2D eigenvalue weighted by Gasteiger charge is -2.24. The SMILES string of the molecule is Cc1c(Br)cccc1C(=O)N1CCC[C@@H]1CN. The van der Waals surface area contributed by atoms with E-state index in [-0.39, 0.29) is 11.9 Å². The Kier molecular flexibility index (Phi) is 3.84. The van der Waals surface area contributed by atoms with Crippen molar-refractivity contribution in [3.8, 4) is 0 Å². The molecule has 0 unspecified atom stereocenters. The van der Waals surface area contributed by atoms with E-state index in [4.69, 9.17) is 5.73 Å². The van der Waals surface area contributed by atoms with Crippen LogP contribution >= 0.6 is 15.9 Å². The van der Waals surface area contributed by atoms with Crippen molar-refractivity contribution in [2.75, 3.05) is 13.1 Å². The molecule has 0 radical (unpaired) electrons. The summed E-state index contributed by atoms with van der Waals surface area (Å²) in [5.41, 5.74) is 7.48. The van der Waals surface area contributed by atoms with E-state index in [0.717, 1.165) is 35.0 Å². The van der Waals surface area contributed by atoms with Crippen LogP contribution in [0.1, 0.15) is 28.8 Å². The maximum Gasteiger partial charge on any atom is 0.254 e. The predicted molar refractivity (Wildman–Crippen MR) is 72.0 cm³/mol. The summed E-state index contributed by atoms with van der Waals surface area (Å²) in [6.45, 7) is 3.34. The summed E-state index contributed by atoms with van der Waals surface area (Å²) < 4.78 is 0.979. The molecule has 1 aromatic carbocycles. The monoisotopic (exact) mass is 296 g/mol. The van der Waals surface area contributed by atoms with E-state index in [1.807, 2.05) is 30.0 Å². The Bertz CT molecular complexity index is 433. The third-order valence-electron chi connectivity index (χ3n) is 3.41. The average molecular weight is 297 g/mol. The third-order valence-corrected chi connectivity index (χ3v) is 4.27. The Morgan fingerprint density at radius 3 is 3.06 bits per heavy atom. The van der Waals surface area contributed by atoms with Gasteiger partial charge >= 0.3 is 0 Å². The zero-order chi connectivity index (χ0) is 12.4. The topological polar surface area (TPSA) is 46.3 Å². The van der Waals surface area contributed by atoms with Gasteiger partial charge in [0.2, 0.25) is 0 Å². The highest BCUT2D eigenvalue weighted by molar-refractivity contribution is 9.10. The van der Waals surface area contributed by atoms with Crippen molar-refractivity contribution in [1.29, 1.82) is 0 Å². The van der Waals surface area contributed by atoms with Crippen molar-refractivity contribution in [3.63, 3.8) is 0 Å². The minimum atomic E-state index is 0.108. The first-order valence-electron chi connectivity index (χ1n) is 5.91. The Hall–Kier alpha value is -0.870. The number of carbonyl (C=O) groups is 1. The van der Waals surface area contributed by atoms with E-state index in [1.165, 1.54) is 0 Å². The molecule has 0 bridgehead atoms. The lowest BCUT2D eigenvalue weighted by Crippen LogP contribution is -2.40. The van der Waals surface area contributed by atoms with Gasteiger partial charge in [-0.05, 0) is 37.5 Å². The number of amides is 1. The van der Waals surface area contributed by atoms with E-state index in [2.05, 4.69) is 15.9 Å². The van der Waals surface area contributed by atoms with Crippen LogP contribution in [0.4, 0.5) is 0 Å². The quantitative estimate of drug-likeness (QED) is 0.910. The normalized spacial score (nSPS) is 19.7. The second kappa shape index (κ2) is 5.19. The van der Waals surface area contributed by atoms with Crippen molar-refractivity contribution in [3.05, 3.63) is 33.8 Å². The summed E-state index contributed by atoms with van der Waals surface area (Å²) in [6, 6.07) is 5.95. The molecule has 0 spiro atoms. The molecule has 4 heteroatoms. The number of nitrogens with zero attached hydrogens (tertiary/aromatic N) is 1. The van der Waals surface area contributed by atoms with Crippen LogP contribution < -0.4 is 5.73 Å². The van der Waals surface area contributed by atoms with Gasteiger partial charge in [0.1, 0.15) is 0 Å². The molecule has 1 aromatic rings. The average Bonchev–Trinajstić information content (AvgIpc) is 2.80. The van der Waals surface area contributed by atoms with Crippen LogP contribution in [0.2, 0.25) is 0 Å². The molecule has 1 aliphatic rings. The molecule has 1 saturated heterocycles. The molecule has 1 heterocycles. The fourth-order valence-corrected chi connectivity index (χ4v) is 2.71. The summed E-state index contributed by atoms with van der Waals surface area (Å²) in [4.78, 5) is 14.4. The van der Waals surface area contributed by atoms with Crippen molar-refractivity contribution < 1.29 is 4.79 Å². The van der Waals surface area contributed by atoms with Gasteiger partial charge in [-0.25, -0.2) is 0 Å². The van der Waals surface area contributed by atoms with E-state index in [0.29, 0.717) is 6.54 Å². The molecular weight excluding hydrogens is 280 g/mol. The van der Waals surface area contributed by atoms with Gasteiger partial charge in [-0.2, -0.15) is 0 Å². The minimum absolute atomic E-state index is 0.108. The molecule has 1 amide bonds. The van der Waals surface area contributed by atoms with Gasteiger partial charge in [-0.15, -0.1) is 0 Å². The molecule has 17 heavy (non-hydrogen) atoms. The van der Waals surface area contributed by atoms with Gasteiger partial charge in [0.25, 0.3) is 5.91 Å². The van der Waals surface area contributed by atoms with E-state index < -0.39 is 0 Å². The number of carbonyl (C=O) groups excluding carboxylic acids is 1. The predicted octanol–water partition coefficient (Wildman–Crippen LogP) is 2.32. The summed E-state index contributed by atoms with van der Waals surface area (Å²) in [6.07, 6.45) is 2.08. The van der Waals surface area contributed by atoms with Gasteiger partial charge in [0.05, 0.1) is 0 Å². The molecule has 0 aromatic heterocycles. The van der Waals surface area contributed by atoms with Gasteiger partial charge in [0, 0.05) is 29.2 Å². The van der Waals surface area contributed by atoms with Crippen LogP contribution in [0, 0.1) is 6.92 Å².